The van der Waals surface area contributed by atoms with Gasteiger partial charge in [0.1, 0.15) is 5.82 Å². The fourth-order valence-corrected chi connectivity index (χ4v) is 3.86. The number of anilines is 1. The lowest BCUT2D eigenvalue weighted by Gasteiger charge is -2.22. The van der Waals surface area contributed by atoms with Gasteiger partial charge in [0.05, 0.1) is 0 Å². The molecular weight excluding hydrogens is 487 g/mol. The van der Waals surface area contributed by atoms with Crippen molar-refractivity contribution in [1.82, 2.24) is 15.6 Å². The summed E-state index contributed by atoms with van der Waals surface area (Å²) in [5.41, 5.74) is 1.02. The molecule has 156 valence electrons. The maximum atomic E-state index is 14.0. The average Bonchev–Trinajstić information content (AvgIpc) is 3.36. The molecule has 2 aromatic rings. The lowest BCUT2D eigenvalue weighted by atomic mass is 9.96. The van der Waals surface area contributed by atoms with Crippen LogP contribution in [0, 0.1) is 11.6 Å². The van der Waals surface area contributed by atoms with E-state index in [-0.39, 0.29) is 47.1 Å². The molecule has 2 N–H and O–H groups in total. The van der Waals surface area contributed by atoms with Crippen molar-refractivity contribution in [3.05, 3.63) is 59.8 Å². The molecule has 0 spiro atoms. The van der Waals surface area contributed by atoms with E-state index in [9.17, 15) is 8.78 Å². The fourth-order valence-electron chi connectivity index (χ4n) is 3.86. The number of aromatic nitrogens is 1. The Bertz CT molecular complexity index is 872. The molecule has 29 heavy (non-hydrogen) atoms. The number of halogens is 3. The molecule has 1 unspecified atom stereocenters. The predicted octanol–water partition coefficient (Wildman–Crippen LogP) is 3.45. The van der Waals surface area contributed by atoms with Gasteiger partial charge in [-0.3, -0.25) is 4.99 Å². The molecule has 2 heterocycles. The number of benzene rings is 1. The topological polar surface area (TPSA) is 52.6 Å². The summed E-state index contributed by atoms with van der Waals surface area (Å²) in [6.07, 6.45) is 4.57. The molecule has 0 radical (unpaired) electrons. The van der Waals surface area contributed by atoms with Gasteiger partial charge < -0.3 is 15.5 Å². The van der Waals surface area contributed by atoms with Crippen molar-refractivity contribution in [2.24, 2.45) is 4.99 Å². The first-order valence-corrected chi connectivity index (χ1v) is 9.68. The predicted molar refractivity (Wildman–Crippen MR) is 122 cm³/mol. The zero-order valence-corrected chi connectivity index (χ0v) is 18.7. The van der Waals surface area contributed by atoms with Crippen LogP contribution in [0.25, 0.3) is 0 Å². The molecule has 2 fully saturated rings. The van der Waals surface area contributed by atoms with E-state index < -0.39 is 0 Å². The fraction of sp³-hybridized carbons (Fsp3) is 0.429. The first-order chi connectivity index (χ1) is 13.6. The highest BCUT2D eigenvalue weighted by molar-refractivity contribution is 14.0. The van der Waals surface area contributed by atoms with E-state index in [2.05, 4.69) is 20.6 Å². The van der Waals surface area contributed by atoms with Crippen molar-refractivity contribution in [1.29, 1.82) is 0 Å². The smallest absolute Gasteiger partial charge is 0.191 e. The third-order valence-corrected chi connectivity index (χ3v) is 5.68. The highest BCUT2D eigenvalue weighted by Crippen LogP contribution is 2.47. The van der Waals surface area contributed by atoms with Gasteiger partial charge in [-0.15, -0.1) is 24.0 Å². The van der Waals surface area contributed by atoms with E-state index in [0.29, 0.717) is 18.9 Å². The molecule has 1 saturated heterocycles. The highest BCUT2D eigenvalue weighted by Gasteiger charge is 2.44. The molecule has 1 saturated carbocycles. The first kappa shape index (κ1) is 21.7. The zero-order valence-electron chi connectivity index (χ0n) is 16.4. The molecule has 1 aliphatic heterocycles. The molecule has 1 aromatic carbocycles. The third kappa shape index (κ3) is 4.96. The van der Waals surface area contributed by atoms with E-state index in [1.54, 1.807) is 31.4 Å². The summed E-state index contributed by atoms with van der Waals surface area (Å²) in [5.74, 6) is 0.629. The van der Waals surface area contributed by atoms with Crippen molar-refractivity contribution in [3.8, 4) is 0 Å². The van der Waals surface area contributed by atoms with Gasteiger partial charge in [-0.1, -0.05) is 12.1 Å². The van der Waals surface area contributed by atoms with Crippen LogP contribution in [0.2, 0.25) is 0 Å². The summed E-state index contributed by atoms with van der Waals surface area (Å²) in [7, 11) is 1.74. The second-order valence-corrected chi connectivity index (χ2v) is 7.60. The van der Waals surface area contributed by atoms with Crippen LogP contribution in [-0.4, -0.2) is 43.7 Å². The minimum Gasteiger partial charge on any atom is -0.356 e. The van der Waals surface area contributed by atoms with Crippen LogP contribution in [0.15, 0.2) is 47.6 Å². The van der Waals surface area contributed by atoms with Gasteiger partial charge >= 0.3 is 0 Å². The summed E-state index contributed by atoms with van der Waals surface area (Å²) >= 11 is 0. The Balaban J connectivity index is 0.00000240. The van der Waals surface area contributed by atoms with Gasteiger partial charge in [-0.05, 0) is 49.1 Å². The molecule has 0 bridgehead atoms. The largest absolute Gasteiger partial charge is 0.356 e. The van der Waals surface area contributed by atoms with Crippen LogP contribution < -0.4 is 15.5 Å². The van der Waals surface area contributed by atoms with Gasteiger partial charge in [0.15, 0.2) is 17.6 Å². The maximum absolute atomic E-state index is 14.0. The Hall–Kier alpha value is -1.97. The Labute approximate surface area is 187 Å². The van der Waals surface area contributed by atoms with Crippen LogP contribution in [0.3, 0.4) is 0 Å². The van der Waals surface area contributed by atoms with Crippen molar-refractivity contribution in [2.45, 2.75) is 30.7 Å². The molecule has 1 aromatic heterocycles. The highest BCUT2D eigenvalue weighted by atomic mass is 127. The SMILES string of the molecule is CN=C(NCC1(c2cccc(F)c2)CC1)NC1CCN(c2ncccc2F)C1.I. The molecule has 2 aliphatic rings. The van der Waals surface area contributed by atoms with Crippen molar-refractivity contribution in [3.63, 3.8) is 0 Å². The number of aliphatic imine (C=N–C) groups is 1. The summed E-state index contributed by atoms with van der Waals surface area (Å²) in [6, 6.07) is 10.1. The van der Waals surface area contributed by atoms with Crippen LogP contribution in [0.1, 0.15) is 24.8 Å². The summed E-state index contributed by atoms with van der Waals surface area (Å²) in [4.78, 5) is 10.4. The lowest BCUT2D eigenvalue weighted by Crippen LogP contribution is -2.46. The molecule has 1 aliphatic carbocycles. The second-order valence-electron chi connectivity index (χ2n) is 7.60. The average molecular weight is 513 g/mol. The van der Waals surface area contributed by atoms with Gasteiger partial charge in [0.25, 0.3) is 0 Å². The number of nitrogens with zero attached hydrogens (tertiary/aromatic N) is 3. The van der Waals surface area contributed by atoms with Crippen LogP contribution in [-0.2, 0) is 5.41 Å². The number of guanidine groups is 1. The molecule has 8 heteroatoms. The number of nitrogens with one attached hydrogen (secondary N) is 2. The Morgan fingerprint density at radius 2 is 2.10 bits per heavy atom. The zero-order chi connectivity index (χ0) is 19.6. The second kappa shape index (κ2) is 9.23. The minimum atomic E-state index is -0.295. The van der Waals surface area contributed by atoms with Crippen LogP contribution in [0.5, 0.6) is 0 Å². The lowest BCUT2D eigenvalue weighted by molar-refractivity contribution is 0.597. The normalized spacial score (nSPS) is 20.2. The van der Waals surface area contributed by atoms with Gasteiger partial charge in [0.2, 0.25) is 0 Å². The number of rotatable bonds is 5. The van der Waals surface area contributed by atoms with E-state index in [1.165, 1.54) is 12.1 Å². The Morgan fingerprint density at radius 3 is 2.79 bits per heavy atom. The third-order valence-electron chi connectivity index (χ3n) is 5.68. The van der Waals surface area contributed by atoms with E-state index in [1.807, 2.05) is 11.0 Å². The molecule has 5 nitrogen and oxygen atoms in total. The van der Waals surface area contributed by atoms with Crippen molar-refractivity contribution < 1.29 is 8.78 Å². The summed E-state index contributed by atoms with van der Waals surface area (Å²) < 4.78 is 27.5. The number of hydrogen-bond donors (Lipinski definition) is 2. The molecular formula is C21H26F2IN5. The van der Waals surface area contributed by atoms with Gasteiger partial charge in [-0.25, -0.2) is 13.8 Å². The number of hydrogen-bond acceptors (Lipinski definition) is 3. The molecule has 0 amide bonds. The first-order valence-electron chi connectivity index (χ1n) is 9.68. The quantitative estimate of drug-likeness (QED) is 0.366. The van der Waals surface area contributed by atoms with Crippen molar-refractivity contribution >= 4 is 35.8 Å². The molecule has 1 atom stereocenters. The Kier molecular flexibility index (Phi) is 6.92. The van der Waals surface area contributed by atoms with E-state index in [4.69, 9.17) is 0 Å². The van der Waals surface area contributed by atoms with Crippen LogP contribution >= 0.6 is 24.0 Å². The summed E-state index contributed by atoms with van der Waals surface area (Å²) in [6.45, 7) is 2.13. The number of pyridine rings is 1. The van der Waals surface area contributed by atoms with Crippen LogP contribution in [0.4, 0.5) is 14.6 Å². The van der Waals surface area contributed by atoms with Gasteiger partial charge in [-0.2, -0.15) is 0 Å². The minimum absolute atomic E-state index is 0. The van der Waals surface area contributed by atoms with E-state index >= 15 is 0 Å². The van der Waals surface area contributed by atoms with Gasteiger partial charge in [0, 0.05) is 44.3 Å². The Morgan fingerprint density at radius 1 is 1.28 bits per heavy atom. The summed E-state index contributed by atoms with van der Waals surface area (Å²) in [5, 5.41) is 6.81. The standard InChI is InChI=1S/C21H25F2N5.HI/c1-24-20(26-14-21(8-9-21)15-4-2-5-16(22)12-15)27-17-7-11-28(13-17)19-18(23)6-3-10-25-19;/h2-6,10,12,17H,7-9,11,13-14H2,1H3,(H2,24,26,27);1H. The monoisotopic (exact) mass is 513 g/mol. The maximum Gasteiger partial charge on any atom is 0.191 e. The molecule has 4 rings (SSSR count). The van der Waals surface area contributed by atoms with E-state index in [0.717, 1.165) is 37.3 Å². The van der Waals surface area contributed by atoms with Crippen molar-refractivity contribution in [2.75, 3.05) is 31.6 Å².